The molecular weight excluding hydrogens is 732 g/mol. The van der Waals surface area contributed by atoms with E-state index in [-0.39, 0.29) is 13.1 Å². The van der Waals surface area contributed by atoms with Crippen molar-refractivity contribution in [3.8, 4) is 0 Å². The summed E-state index contributed by atoms with van der Waals surface area (Å²) in [5.74, 6) is -2.07. The highest BCUT2D eigenvalue weighted by atomic mass is 79.9. The molecule has 9 nitrogen and oxygen atoms in total. The molecule has 2 fully saturated rings. The average Bonchev–Trinajstić information content (AvgIpc) is 2.82. The van der Waals surface area contributed by atoms with E-state index in [0.29, 0.717) is 29.3 Å². The summed E-state index contributed by atoms with van der Waals surface area (Å²) in [4.78, 5) is 54.8. The van der Waals surface area contributed by atoms with E-state index in [1.807, 2.05) is 4.90 Å². The third-order valence-corrected chi connectivity index (χ3v) is 9.02. The molecule has 13 heteroatoms. The van der Waals surface area contributed by atoms with Crippen LogP contribution in [0.2, 0.25) is 0 Å². The van der Waals surface area contributed by atoms with E-state index in [9.17, 15) is 14.4 Å². The number of Topliss-reactive ketones (excluding diaryl/α,β-unsaturated/α-hetero) is 1. The smallest absolute Gasteiger partial charge is 0.322 e. The van der Waals surface area contributed by atoms with Gasteiger partial charge in [-0.15, -0.1) is 0 Å². The van der Waals surface area contributed by atoms with Gasteiger partial charge in [-0.05, 0) is 89.9 Å². The van der Waals surface area contributed by atoms with Crippen LogP contribution in [0.3, 0.4) is 0 Å². The number of methoxy groups -OCH3 is 2. The number of fused-ring (bicyclic) bond motifs is 2. The number of nitrogens with zero attached hydrogens (tertiary/aromatic N) is 4. The van der Waals surface area contributed by atoms with Crippen LogP contribution in [0.25, 0.3) is 0 Å². The quantitative estimate of drug-likeness (QED) is 0.338. The highest BCUT2D eigenvalue weighted by Gasteiger charge is 2.75. The van der Waals surface area contributed by atoms with Crippen LogP contribution in [0, 0.1) is 10.8 Å². The average molecular weight is 754 g/mol. The summed E-state index contributed by atoms with van der Waals surface area (Å²) in [5.41, 5.74) is -2.64. The third-order valence-electron chi connectivity index (χ3n) is 6.89. The van der Waals surface area contributed by atoms with Crippen molar-refractivity contribution in [2.45, 2.75) is 12.1 Å². The second kappa shape index (κ2) is 10.1. The molecule has 0 spiro atoms. The van der Waals surface area contributed by atoms with Crippen LogP contribution in [0.15, 0.2) is 42.4 Å². The Hall–Kier alpha value is -1.25. The van der Waals surface area contributed by atoms with Gasteiger partial charge in [0.25, 0.3) is 0 Å². The molecule has 2 saturated heterocycles. The summed E-state index contributed by atoms with van der Waals surface area (Å²) >= 11 is 14.0. The molecule has 2 aromatic heterocycles. The molecule has 2 bridgehead atoms. The van der Waals surface area contributed by atoms with E-state index in [2.05, 4.69) is 73.7 Å². The number of ether oxygens (including phenoxy) is 2. The molecule has 0 radical (unpaired) electrons. The predicted molar refractivity (Wildman–Crippen MR) is 144 cm³/mol. The van der Waals surface area contributed by atoms with Gasteiger partial charge in [-0.1, -0.05) is 0 Å². The van der Waals surface area contributed by atoms with E-state index in [1.165, 1.54) is 14.2 Å². The fourth-order valence-electron chi connectivity index (χ4n) is 5.72. The first-order chi connectivity index (χ1) is 16.9. The summed E-state index contributed by atoms with van der Waals surface area (Å²) in [5, 5.41) is 0. The minimum atomic E-state index is -1.77. The van der Waals surface area contributed by atoms with Gasteiger partial charge in [0, 0.05) is 43.4 Å². The topological polar surface area (TPSA) is 102 Å². The van der Waals surface area contributed by atoms with Crippen molar-refractivity contribution < 1.29 is 23.9 Å². The lowest BCUT2D eigenvalue weighted by Gasteiger charge is -2.60. The number of hydrogen-bond donors (Lipinski definition) is 0. The number of aromatic nitrogens is 2. The number of hydrogen-bond acceptors (Lipinski definition) is 9. The van der Waals surface area contributed by atoms with E-state index in [4.69, 9.17) is 9.47 Å². The highest BCUT2D eigenvalue weighted by molar-refractivity contribution is 9.11. The monoisotopic (exact) mass is 750 g/mol. The molecule has 4 atom stereocenters. The van der Waals surface area contributed by atoms with E-state index in [0.717, 1.165) is 0 Å². The van der Waals surface area contributed by atoms with Gasteiger partial charge in [-0.3, -0.25) is 29.3 Å². The molecule has 0 aromatic carbocycles. The van der Waals surface area contributed by atoms with Crippen molar-refractivity contribution >= 4 is 81.4 Å². The van der Waals surface area contributed by atoms with E-state index in [1.54, 1.807) is 43.5 Å². The van der Waals surface area contributed by atoms with Crippen molar-refractivity contribution in [3.05, 3.63) is 53.8 Å². The maximum atomic E-state index is 14.7. The largest absolute Gasteiger partial charge is 0.468 e. The predicted octanol–water partition coefficient (Wildman–Crippen LogP) is 4.09. The zero-order valence-corrected chi connectivity index (χ0v) is 26.1. The molecule has 4 heterocycles. The molecule has 0 saturated carbocycles. The first-order valence-corrected chi connectivity index (χ1v) is 13.9. The SMILES string of the molecule is COC(=O)[C@@]12CN(C)C[C@@](C(=O)OC)(C1=O)[C@H](c1ncc(Br)cc1Br)N(C)[C@H]2c1ncc(Br)cc1Br. The first-order valence-electron chi connectivity index (χ1n) is 10.7. The zero-order chi connectivity index (χ0) is 26.6. The van der Waals surface area contributed by atoms with Crippen molar-refractivity contribution in [2.24, 2.45) is 10.8 Å². The van der Waals surface area contributed by atoms with Gasteiger partial charge in [0.15, 0.2) is 16.6 Å². The van der Waals surface area contributed by atoms with Crippen molar-refractivity contribution in [3.63, 3.8) is 0 Å². The second-order valence-electron chi connectivity index (χ2n) is 8.94. The number of piperidine rings is 2. The Labute approximate surface area is 241 Å². The molecular formula is C23H22Br4N4O5. The van der Waals surface area contributed by atoms with Crippen molar-refractivity contribution in [2.75, 3.05) is 41.4 Å². The van der Waals surface area contributed by atoms with E-state index >= 15 is 0 Å². The maximum Gasteiger partial charge on any atom is 0.322 e. The number of carbonyl (C=O) groups is 3. The molecule has 0 unspecified atom stereocenters. The first kappa shape index (κ1) is 27.8. The van der Waals surface area contributed by atoms with Gasteiger partial charge in [-0.25, -0.2) is 0 Å². The number of carbonyl (C=O) groups excluding carboxylic acids is 3. The van der Waals surface area contributed by atoms with Gasteiger partial charge in [0.05, 0.1) is 37.7 Å². The van der Waals surface area contributed by atoms with Crippen LogP contribution in [-0.4, -0.2) is 78.9 Å². The maximum absolute atomic E-state index is 14.7. The van der Waals surface area contributed by atoms with Gasteiger partial charge in [0.1, 0.15) is 0 Å². The molecule has 0 aliphatic carbocycles. The Kier molecular flexibility index (Phi) is 7.82. The van der Waals surface area contributed by atoms with Crippen LogP contribution in [-0.2, 0) is 23.9 Å². The molecule has 2 aliphatic rings. The van der Waals surface area contributed by atoms with Crippen LogP contribution < -0.4 is 0 Å². The van der Waals surface area contributed by atoms with Gasteiger partial charge >= 0.3 is 11.9 Å². The summed E-state index contributed by atoms with van der Waals surface area (Å²) < 4.78 is 13.1. The van der Waals surface area contributed by atoms with Crippen molar-refractivity contribution in [1.82, 2.24) is 19.8 Å². The Morgan fingerprint density at radius 3 is 1.58 bits per heavy atom. The molecule has 0 N–H and O–H groups in total. The van der Waals surface area contributed by atoms with Gasteiger partial charge in [-0.2, -0.15) is 0 Å². The molecule has 2 aromatic rings. The zero-order valence-electron chi connectivity index (χ0n) is 19.7. The van der Waals surface area contributed by atoms with Crippen molar-refractivity contribution in [1.29, 1.82) is 0 Å². The second-order valence-corrected chi connectivity index (χ2v) is 12.5. The number of rotatable bonds is 4. The van der Waals surface area contributed by atoms with Crippen LogP contribution in [0.5, 0.6) is 0 Å². The van der Waals surface area contributed by atoms with Crippen LogP contribution in [0.1, 0.15) is 23.5 Å². The Morgan fingerprint density at radius 1 is 0.861 bits per heavy atom. The third kappa shape index (κ3) is 4.01. The minimum absolute atomic E-state index is 0.0259. The summed E-state index contributed by atoms with van der Waals surface area (Å²) in [7, 11) is 5.99. The number of pyridine rings is 2. The van der Waals surface area contributed by atoms with Gasteiger partial charge < -0.3 is 14.4 Å². The van der Waals surface area contributed by atoms with Crippen LogP contribution in [0.4, 0.5) is 0 Å². The van der Waals surface area contributed by atoms with E-state index < -0.39 is 40.6 Å². The molecule has 4 rings (SSSR count). The summed E-state index contributed by atoms with van der Waals surface area (Å²) in [6.45, 7) is 0.0518. The number of esters is 2. The number of likely N-dealkylation sites (tertiary alicyclic amines) is 2. The molecule has 36 heavy (non-hydrogen) atoms. The minimum Gasteiger partial charge on any atom is -0.468 e. The normalized spacial score (nSPS) is 28.6. The fourth-order valence-corrected chi connectivity index (χ4v) is 8.13. The molecule has 192 valence electrons. The lowest BCUT2D eigenvalue weighted by molar-refractivity contribution is -0.202. The van der Waals surface area contributed by atoms with Gasteiger partial charge in [0.2, 0.25) is 0 Å². The Bertz CT molecular complexity index is 1170. The molecule has 2 aliphatic heterocycles. The lowest BCUT2D eigenvalue weighted by Crippen LogP contribution is -2.75. The fraction of sp³-hybridized carbons (Fsp3) is 0.435. The lowest BCUT2D eigenvalue weighted by atomic mass is 9.54. The number of ketones is 1. The summed E-state index contributed by atoms with van der Waals surface area (Å²) in [6, 6.07) is 1.79. The standard InChI is InChI=1S/C23H22Br4N4O5/c1-30-9-22(20(33)35-3)17(15-13(26)5-11(24)7-28-15)31(2)18(16-14(27)6-12(25)8-29-16)23(10-30,19(22)32)21(34)36-4/h5-8,17-18H,9-10H2,1-4H3/t17-,18-,22-,23+/m0/s1. The number of halogens is 4. The highest BCUT2D eigenvalue weighted by Crippen LogP contribution is 2.61. The summed E-state index contributed by atoms with van der Waals surface area (Å²) in [6.07, 6.45) is 3.20. The Balaban J connectivity index is 2.12. The Morgan fingerprint density at radius 2 is 1.25 bits per heavy atom. The van der Waals surface area contributed by atoms with Crippen LogP contribution >= 0.6 is 63.7 Å². The molecule has 0 amide bonds.